The summed E-state index contributed by atoms with van der Waals surface area (Å²) < 4.78 is 25.3. The zero-order valence-electron chi connectivity index (χ0n) is 5.79. The average molecular weight is 165 g/mol. The summed E-state index contributed by atoms with van der Waals surface area (Å²) >= 11 is 0. The van der Waals surface area contributed by atoms with Gasteiger partial charge in [0.25, 0.3) is 10.2 Å². The third-order valence-electron chi connectivity index (χ3n) is 1.37. The lowest BCUT2D eigenvalue weighted by molar-refractivity contribution is 0.394. The summed E-state index contributed by atoms with van der Waals surface area (Å²) in [5, 5.41) is 0. The van der Waals surface area contributed by atoms with E-state index in [-0.39, 0.29) is 0 Å². The molecule has 1 heterocycles. The molecule has 6 heteroatoms. The fourth-order valence-corrected chi connectivity index (χ4v) is 1.67. The quantitative estimate of drug-likeness (QED) is 0.532. The summed E-state index contributed by atoms with van der Waals surface area (Å²) in [5.41, 5.74) is 2.73. The van der Waals surface area contributed by atoms with E-state index < -0.39 is 10.2 Å². The van der Waals surface area contributed by atoms with E-state index in [1.807, 2.05) is 0 Å². The first-order valence-corrected chi connectivity index (χ1v) is 4.55. The van der Waals surface area contributed by atoms with Crippen LogP contribution in [0.2, 0.25) is 0 Å². The summed E-state index contributed by atoms with van der Waals surface area (Å²) in [6.07, 6.45) is 0.876. The molecule has 5 nitrogen and oxygen atoms in total. The minimum absolute atomic E-state index is 0.559. The van der Waals surface area contributed by atoms with Crippen molar-refractivity contribution in [1.82, 2.24) is 14.6 Å². The lowest BCUT2D eigenvalue weighted by atomic mass is 10.5. The normalized spacial score (nSPS) is 21.7. The van der Waals surface area contributed by atoms with Crippen LogP contribution < -0.4 is 10.1 Å². The van der Waals surface area contributed by atoms with Crippen molar-refractivity contribution in [3.63, 3.8) is 0 Å². The number of hydrogen-bond acceptors (Lipinski definition) is 3. The Morgan fingerprint density at radius 2 is 2.30 bits per heavy atom. The molecule has 1 saturated heterocycles. The number of hydrazine groups is 1. The van der Waals surface area contributed by atoms with Gasteiger partial charge in [-0.3, -0.25) is 0 Å². The van der Waals surface area contributed by atoms with Gasteiger partial charge in [0.05, 0.1) is 0 Å². The molecule has 0 radical (unpaired) electrons. The van der Waals surface area contributed by atoms with Crippen LogP contribution in [-0.4, -0.2) is 33.0 Å². The average Bonchev–Trinajstić information content (AvgIpc) is 2.38. The highest BCUT2D eigenvalue weighted by Crippen LogP contribution is 2.00. The molecule has 10 heavy (non-hydrogen) atoms. The maximum absolute atomic E-state index is 11.0. The van der Waals surface area contributed by atoms with Crippen molar-refractivity contribution in [3.05, 3.63) is 0 Å². The SMILES string of the molecule is CNS(=O)(=O)N1CCCN1. The highest BCUT2D eigenvalue weighted by atomic mass is 32.2. The van der Waals surface area contributed by atoms with Gasteiger partial charge in [-0.25, -0.2) is 10.1 Å². The molecule has 0 atom stereocenters. The molecule has 0 aromatic carbocycles. The van der Waals surface area contributed by atoms with Gasteiger partial charge in [0, 0.05) is 20.1 Å². The molecule has 1 fully saturated rings. The Balaban J connectivity index is 2.63. The first kappa shape index (κ1) is 7.93. The molecular formula is C4H11N3O2S. The lowest BCUT2D eigenvalue weighted by Crippen LogP contribution is -2.43. The van der Waals surface area contributed by atoms with Crippen molar-refractivity contribution in [2.24, 2.45) is 0 Å². The van der Waals surface area contributed by atoms with Crippen molar-refractivity contribution in [1.29, 1.82) is 0 Å². The van der Waals surface area contributed by atoms with Gasteiger partial charge in [-0.2, -0.15) is 8.42 Å². The molecule has 0 aromatic heterocycles. The van der Waals surface area contributed by atoms with Crippen molar-refractivity contribution in [2.45, 2.75) is 6.42 Å². The van der Waals surface area contributed by atoms with Crippen molar-refractivity contribution < 1.29 is 8.42 Å². The Hall–Kier alpha value is -0.170. The molecular weight excluding hydrogens is 154 g/mol. The maximum Gasteiger partial charge on any atom is 0.292 e. The predicted molar refractivity (Wildman–Crippen MR) is 37.3 cm³/mol. The Kier molecular flexibility index (Phi) is 2.24. The predicted octanol–water partition coefficient (Wildman–Crippen LogP) is -1.34. The van der Waals surface area contributed by atoms with Crippen LogP contribution in [-0.2, 0) is 10.2 Å². The minimum atomic E-state index is -3.23. The van der Waals surface area contributed by atoms with E-state index in [4.69, 9.17) is 0 Å². The summed E-state index contributed by atoms with van der Waals surface area (Å²) in [7, 11) is -1.83. The molecule has 60 valence electrons. The van der Waals surface area contributed by atoms with Gasteiger partial charge in [-0.1, -0.05) is 0 Å². The zero-order chi connectivity index (χ0) is 7.61. The molecule has 1 rings (SSSR count). The summed E-state index contributed by atoms with van der Waals surface area (Å²) in [5.74, 6) is 0. The summed E-state index contributed by atoms with van der Waals surface area (Å²) in [4.78, 5) is 0. The molecule has 0 spiro atoms. The smallest absolute Gasteiger partial charge is 0.240 e. The third kappa shape index (κ3) is 1.46. The van der Waals surface area contributed by atoms with Gasteiger partial charge in [-0.05, 0) is 6.42 Å². The van der Waals surface area contributed by atoms with E-state index in [9.17, 15) is 8.42 Å². The molecule has 0 saturated carbocycles. The molecule has 0 amide bonds. The number of rotatable bonds is 2. The second kappa shape index (κ2) is 2.83. The molecule has 0 bridgehead atoms. The van der Waals surface area contributed by atoms with Gasteiger partial charge in [0.1, 0.15) is 0 Å². The van der Waals surface area contributed by atoms with Crippen LogP contribution in [0.3, 0.4) is 0 Å². The number of hydrogen-bond donors (Lipinski definition) is 2. The molecule has 0 unspecified atom stereocenters. The van der Waals surface area contributed by atoms with E-state index in [2.05, 4.69) is 10.1 Å². The number of nitrogens with one attached hydrogen (secondary N) is 2. The first-order chi connectivity index (χ1) is 4.67. The van der Waals surface area contributed by atoms with Crippen LogP contribution in [0.4, 0.5) is 0 Å². The van der Waals surface area contributed by atoms with Gasteiger partial charge in [-0.15, -0.1) is 4.41 Å². The Morgan fingerprint density at radius 1 is 1.60 bits per heavy atom. The van der Waals surface area contributed by atoms with Gasteiger partial charge >= 0.3 is 0 Å². The fourth-order valence-electron chi connectivity index (χ4n) is 0.821. The van der Waals surface area contributed by atoms with Crippen LogP contribution in [0, 0.1) is 0 Å². The minimum Gasteiger partial charge on any atom is -0.240 e. The highest BCUT2D eigenvalue weighted by molar-refractivity contribution is 7.87. The highest BCUT2D eigenvalue weighted by Gasteiger charge is 2.22. The van der Waals surface area contributed by atoms with Crippen LogP contribution in [0.25, 0.3) is 0 Å². The van der Waals surface area contributed by atoms with E-state index in [1.165, 1.54) is 11.5 Å². The molecule has 0 aromatic rings. The lowest BCUT2D eigenvalue weighted by Gasteiger charge is -2.13. The molecule has 1 aliphatic heterocycles. The van der Waals surface area contributed by atoms with Crippen LogP contribution in [0.5, 0.6) is 0 Å². The monoisotopic (exact) mass is 165 g/mol. The summed E-state index contributed by atoms with van der Waals surface area (Å²) in [6.45, 7) is 1.30. The Labute approximate surface area is 60.6 Å². The van der Waals surface area contributed by atoms with Crippen LogP contribution in [0.15, 0.2) is 0 Å². The zero-order valence-corrected chi connectivity index (χ0v) is 6.61. The van der Waals surface area contributed by atoms with Crippen molar-refractivity contribution in [3.8, 4) is 0 Å². The first-order valence-electron chi connectivity index (χ1n) is 3.11. The molecule has 0 aliphatic carbocycles. The van der Waals surface area contributed by atoms with Crippen molar-refractivity contribution in [2.75, 3.05) is 20.1 Å². The van der Waals surface area contributed by atoms with Crippen LogP contribution >= 0.6 is 0 Å². The van der Waals surface area contributed by atoms with E-state index in [1.54, 1.807) is 0 Å². The maximum atomic E-state index is 11.0. The van der Waals surface area contributed by atoms with Gasteiger partial charge in [0.15, 0.2) is 0 Å². The molecule has 1 aliphatic rings. The van der Waals surface area contributed by atoms with Crippen LogP contribution in [0.1, 0.15) is 6.42 Å². The second-order valence-corrected chi connectivity index (χ2v) is 3.84. The Morgan fingerprint density at radius 3 is 2.70 bits per heavy atom. The van der Waals surface area contributed by atoms with E-state index >= 15 is 0 Å². The topological polar surface area (TPSA) is 61.4 Å². The third-order valence-corrected chi connectivity index (χ3v) is 2.78. The van der Waals surface area contributed by atoms with Gasteiger partial charge in [0.2, 0.25) is 0 Å². The van der Waals surface area contributed by atoms with E-state index in [0.29, 0.717) is 6.54 Å². The molecule has 2 N–H and O–H groups in total. The number of nitrogens with zero attached hydrogens (tertiary/aromatic N) is 1. The largest absolute Gasteiger partial charge is 0.292 e. The second-order valence-electron chi connectivity index (χ2n) is 2.04. The Bertz CT molecular complexity index is 195. The standard InChI is InChI=1S/C4H11N3O2S/c1-5-10(8,9)7-4-2-3-6-7/h5-6H,2-4H2,1H3. The van der Waals surface area contributed by atoms with E-state index in [0.717, 1.165) is 13.0 Å². The van der Waals surface area contributed by atoms with Gasteiger partial charge < -0.3 is 0 Å². The van der Waals surface area contributed by atoms with Crippen molar-refractivity contribution >= 4 is 10.2 Å². The summed E-state index contributed by atoms with van der Waals surface area (Å²) in [6, 6.07) is 0. The fraction of sp³-hybridized carbons (Fsp3) is 1.00.